The zero-order valence-corrected chi connectivity index (χ0v) is 11.9. The van der Waals surface area contributed by atoms with E-state index in [1.165, 1.54) is 0 Å². The van der Waals surface area contributed by atoms with Gasteiger partial charge in [0.15, 0.2) is 0 Å². The molecule has 106 valence electrons. The summed E-state index contributed by atoms with van der Waals surface area (Å²) >= 11 is 0. The molecule has 0 aromatic carbocycles. The molecule has 0 aromatic heterocycles. The van der Waals surface area contributed by atoms with E-state index >= 15 is 0 Å². The van der Waals surface area contributed by atoms with Crippen molar-refractivity contribution in [1.82, 2.24) is 10.2 Å². The maximum Gasteiger partial charge on any atom is 0.241 e. The Labute approximate surface area is 110 Å². The summed E-state index contributed by atoms with van der Waals surface area (Å²) in [5.74, 6) is 0.401. The van der Waals surface area contributed by atoms with Crippen LogP contribution in [0.2, 0.25) is 0 Å². The first-order valence-electron chi connectivity index (χ1n) is 6.75. The second-order valence-corrected chi connectivity index (χ2v) is 4.57. The fourth-order valence-corrected chi connectivity index (χ4v) is 1.70. The fraction of sp³-hybridized carbons (Fsp3) is 0.846. The van der Waals surface area contributed by atoms with Gasteiger partial charge in [-0.25, -0.2) is 0 Å². The number of amides is 2. The minimum atomic E-state index is -0.0557. The number of hydrogen-bond donors (Lipinski definition) is 2. The number of rotatable bonds is 9. The summed E-state index contributed by atoms with van der Waals surface area (Å²) in [7, 11) is 1.73. The second kappa shape index (κ2) is 9.88. The van der Waals surface area contributed by atoms with Crippen molar-refractivity contribution in [1.29, 1.82) is 0 Å². The highest BCUT2D eigenvalue weighted by molar-refractivity contribution is 5.84. The van der Waals surface area contributed by atoms with Gasteiger partial charge in [0.05, 0.1) is 6.54 Å². The molecule has 2 amide bonds. The third-order valence-corrected chi connectivity index (χ3v) is 3.27. The third kappa shape index (κ3) is 7.27. The molecular weight excluding hydrogens is 230 g/mol. The van der Waals surface area contributed by atoms with Gasteiger partial charge in [-0.2, -0.15) is 0 Å². The molecule has 0 aliphatic rings. The van der Waals surface area contributed by atoms with Gasteiger partial charge in [0, 0.05) is 20.0 Å². The number of hydrogen-bond acceptors (Lipinski definition) is 3. The summed E-state index contributed by atoms with van der Waals surface area (Å²) in [5, 5.41) is 2.66. The van der Waals surface area contributed by atoms with Crippen LogP contribution in [0.15, 0.2) is 0 Å². The summed E-state index contributed by atoms with van der Waals surface area (Å²) < 4.78 is 0. The molecule has 0 spiro atoms. The van der Waals surface area contributed by atoms with Crippen LogP contribution in [0.3, 0.4) is 0 Å². The van der Waals surface area contributed by atoms with Gasteiger partial charge in [-0.15, -0.1) is 0 Å². The molecule has 0 saturated heterocycles. The molecule has 0 aliphatic carbocycles. The smallest absolute Gasteiger partial charge is 0.241 e. The van der Waals surface area contributed by atoms with Crippen molar-refractivity contribution in [3.8, 4) is 0 Å². The van der Waals surface area contributed by atoms with Crippen LogP contribution in [0.25, 0.3) is 0 Å². The van der Waals surface area contributed by atoms with Gasteiger partial charge in [0.2, 0.25) is 11.8 Å². The molecule has 0 radical (unpaired) electrons. The molecule has 1 atom stereocenters. The van der Waals surface area contributed by atoms with Crippen LogP contribution in [0, 0.1) is 5.92 Å². The van der Waals surface area contributed by atoms with Crippen molar-refractivity contribution >= 4 is 11.8 Å². The zero-order valence-electron chi connectivity index (χ0n) is 11.9. The molecule has 0 fully saturated rings. The first-order valence-corrected chi connectivity index (χ1v) is 6.75. The number of nitrogens with two attached hydrogens (primary N) is 1. The number of likely N-dealkylation sites (N-methyl/N-ethyl adjacent to an activating group) is 1. The lowest BCUT2D eigenvalue weighted by atomic mass is 9.96. The van der Waals surface area contributed by atoms with Gasteiger partial charge in [-0.05, 0) is 32.2 Å². The van der Waals surface area contributed by atoms with E-state index in [1.807, 2.05) is 6.92 Å². The minimum absolute atomic E-state index is 0.0525. The predicted octanol–water partition coefficient (Wildman–Crippen LogP) is 0.736. The van der Waals surface area contributed by atoms with Gasteiger partial charge < -0.3 is 16.0 Å². The average molecular weight is 257 g/mol. The van der Waals surface area contributed by atoms with Crippen LogP contribution in [-0.2, 0) is 9.59 Å². The highest BCUT2D eigenvalue weighted by Gasteiger charge is 2.11. The van der Waals surface area contributed by atoms with Gasteiger partial charge in [0.1, 0.15) is 0 Å². The lowest BCUT2D eigenvalue weighted by molar-refractivity contribution is -0.131. The average Bonchev–Trinajstić information content (AvgIpc) is 2.39. The molecular formula is C13H27N3O2. The SMILES string of the molecule is CCC(CCN)CCC(=O)NCC(=O)N(C)CC. The Morgan fingerprint density at radius 2 is 1.94 bits per heavy atom. The number of nitrogens with one attached hydrogen (secondary N) is 1. The lowest BCUT2D eigenvalue weighted by Crippen LogP contribution is -2.38. The normalized spacial score (nSPS) is 12.0. The first-order chi connectivity index (χ1) is 8.54. The molecule has 5 nitrogen and oxygen atoms in total. The summed E-state index contributed by atoms with van der Waals surface area (Å²) in [6.45, 7) is 5.43. The van der Waals surface area contributed by atoms with Gasteiger partial charge in [-0.1, -0.05) is 13.3 Å². The summed E-state index contributed by atoms with van der Waals surface area (Å²) in [6, 6.07) is 0. The molecule has 5 heteroatoms. The van der Waals surface area contributed by atoms with E-state index in [9.17, 15) is 9.59 Å². The van der Waals surface area contributed by atoms with Crippen molar-refractivity contribution in [3.05, 3.63) is 0 Å². The molecule has 3 N–H and O–H groups in total. The second-order valence-electron chi connectivity index (χ2n) is 4.57. The van der Waals surface area contributed by atoms with Crippen molar-refractivity contribution in [2.24, 2.45) is 11.7 Å². The predicted molar refractivity (Wildman–Crippen MR) is 73.0 cm³/mol. The Hall–Kier alpha value is -1.10. The first kappa shape index (κ1) is 16.9. The molecule has 18 heavy (non-hydrogen) atoms. The Balaban J connectivity index is 3.80. The number of carbonyl (C=O) groups excluding carboxylic acids is 2. The molecule has 0 heterocycles. The van der Waals surface area contributed by atoms with E-state index in [-0.39, 0.29) is 18.4 Å². The van der Waals surface area contributed by atoms with Crippen molar-refractivity contribution in [2.75, 3.05) is 26.7 Å². The van der Waals surface area contributed by atoms with E-state index in [2.05, 4.69) is 12.2 Å². The standard InChI is InChI=1S/C13H27N3O2/c1-4-11(8-9-14)6-7-12(17)15-10-13(18)16(3)5-2/h11H,4-10,14H2,1-3H3,(H,15,17). The van der Waals surface area contributed by atoms with Gasteiger partial charge in [-0.3, -0.25) is 9.59 Å². The highest BCUT2D eigenvalue weighted by Crippen LogP contribution is 2.14. The van der Waals surface area contributed by atoms with Crippen LogP contribution >= 0.6 is 0 Å². The molecule has 0 aliphatic heterocycles. The molecule has 0 rings (SSSR count). The Kier molecular flexibility index (Phi) is 9.28. The van der Waals surface area contributed by atoms with Crippen LogP contribution in [0.5, 0.6) is 0 Å². The van der Waals surface area contributed by atoms with E-state index in [0.717, 1.165) is 19.3 Å². The Bertz CT molecular complexity index is 257. The largest absolute Gasteiger partial charge is 0.347 e. The number of nitrogens with zero attached hydrogens (tertiary/aromatic N) is 1. The van der Waals surface area contributed by atoms with E-state index in [0.29, 0.717) is 25.4 Å². The van der Waals surface area contributed by atoms with Crippen molar-refractivity contribution < 1.29 is 9.59 Å². The summed E-state index contributed by atoms with van der Waals surface area (Å²) in [5.41, 5.74) is 5.51. The third-order valence-electron chi connectivity index (χ3n) is 3.27. The zero-order chi connectivity index (χ0) is 14.0. The topological polar surface area (TPSA) is 75.4 Å². The monoisotopic (exact) mass is 257 g/mol. The summed E-state index contributed by atoms with van der Waals surface area (Å²) in [4.78, 5) is 24.6. The Morgan fingerprint density at radius 1 is 1.28 bits per heavy atom. The maximum absolute atomic E-state index is 11.6. The van der Waals surface area contributed by atoms with Gasteiger partial charge in [0.25, 0.3) is 0 Å². The van der Waals surface area contributed by atoms with Crippen molar-refractivity contribution in [2.45, 2.75) is 39.5 Å². The number of carbonyl (C=O) groups is 2. The van der Waals surface area contributed by atoms with E-state index < -0.39 is 0 Å². The van der Waals surface area contributed by atoms with Crippen LogP contribution in [0.4, 0.5) is 0 Å². The Morgan fingerprint density at radius 3 is 2.44 bits per heavy atom. The van der Waals surface area contributed by atoms with Crippen molar-refractivity contribution in [3.63, 3.8) is 0 Å². The van der Waals surface area contributed by atoms with Gasteiger partial charge >= 0.3 is 0 Å². The lowest BCUT2D eigenvalue weighted by Gasteiger charge is -2.16. The van der Waals surface area contributed by atoms with Crippen LogP contribution in [-0.4, -0.2) is 43.4 Å². The highest BCUT2D eigenvalue weighted by atomic mass is 16.2. The quantitative estimate of drug-likeness (QED) is 0.639. The molecule has 1 unspecified atom stereocenters. The molecule has 0 saturated carbocycles. The van der Waals surface area contributed by atoms with Crippen LogP contribution in [0.1, 0.15) is 39.5 Å². The van der Waals surface area contributed by atoms with E-state index in [1.54, 1.807) is 11.9 Å². The minimum Gasteiger partial charge on any atom is -0.347 e. The summed E-state index contributed by atoms with van der Waals surface area (Å²) in [6.07, 6.45) is 3.32. The molecule has 0 aromatic rings. The molecule has 0 bridgehead atoms. The van der Waals surface area contributed by atoms with Crippen LogP contribution < -0.4 is 11.1 Å². The van der Waals surface area contributed by atoms with E-state index in [4.69, 9.17) is 5.73 Å². The maximum atomic E-state index is 11.6. The fourth-order valence-electron chi connectivity index (χ4n) is 1.70.